The van der Waals surface area contributed by atoms with Gasteiger partial charge in [-0.3, -0.25) is 9.59 Å². The third-order valence-corrected chi connectivity index (χ3v) is 10.4. The summed E-state index contributed by atoms with van der Waals surface area (Å²) in [7, 11) is 4.17. The Balaban J connectivity index is 1.25. The van der Waals surface area contributed by atoms with Gasteiger partial charge in [0.15, 0.2) is 0 Å². The van der Waals surface area contributed by atoms with Gasteiger partial charge < -0.3 is 30.7 Å². The van der Waals surface area contributed by atoms with E-state index < -0.39 is 5.92 Å². The maximum atomic E-state index is 13.9. The van der Waals surface area contributed by atoms with E-state index in [0.29, 0.717) is 55.9 Å². The number of urea groups is 1. The third-order valence-electron chi connectivity index (χ3n) is 9.26. The Morgan fingerprint density at radius 3 is 2.45 bits per heavy atom. The largest absolute Gasteiger partial charge is 0.397 e. The molecule has 1 atom stereocenters. The number of nitrogens with two attached hydrogens (primary N) is 1. The van der Waals surface area contributed by atoms with Gasteiger partial charge in [0.2, 0.25) is 11.8 Å². The highest BCUT2D eigenvalue weighted by Crippen LogP contribution is 2.32. The van der Waals surface area contributed by atoms with E-state index in [1.807, 2.05) is 39.1 Å². The molecule has 2 saturated heterocycles. The van der Waals surface area contributed by atoms with Gasteiger partial charge in [-0.25, -0.2) is 4.79 Å². The maximum absolute atomic E-state index is 13.9. The molecule has 1 aromatic carbocycles. The van der Waals surface area contributed by atoms with Crippen LogP contribution in [-0.4, -0.2) is 89.8 Å². The van der Waals surface area contributed by atoms with Crippen molar-refractivity contribution in [3.8, 4) is 0 Å². The average molecular weight is 615 g/mol. The fraction of sp³-hybridized carbons (Fsp3) is 0.581. The SMILES string of the molecule is CCc1cc(C[C@@H](CC(=O)N2CCC(N3Cc4cscc4NC3=O)CC2)C(=O)N2CCC(N(C)C)CC2)cc(Cl)c1N. The summed E-state index contributed by atoms with van der Waals surface area (Å²) in [6, 6.07) is 4.35. The van der Waals surface area contributed by atoms with Crippen molar-refractivity contribution in [2.45, 2.75) is 70.5 Å². The van der Waals surface area contributed by atoms with Crippen molar-refractivity contribution in [1.82, 2.24) is 19.6 Å². The highest BCUT2D eigenvalue weighted by molar-refractivity contribution is 7.08. The first kappa shape index (κ1) is 30.6. The average Bonchev–Trinajstić information content (AvgIpc) is 3.45. The van der Waals surface area contributed by atoms with Crippen LogP contribution in [0.5, 0.6) is 0 Å². The summed E-state index contributed by atoms with van der Waals surface area (Å²) in [5.41, 5.74) is 10.7. The van der Waals surface area contributed by atoms with Gasteiger partial charge in [0.1, 0.15) is 0 Å². The smallest absolute Gasteiger partial charge is 0.322 e. The molecule has 0 aliphatic carbocycles. The third kappa shape index (κ3) is 6.71. The lowest BCUT2D eigenvalue weighted by Gasteiger charge is -2.40. The van der Waals surface area contributed by atoms with E-state index in [2.05, 4.69) is 29.7 Å². The second-order valence-corrected chi connectivity index (χ2v) is 13.3. The molecule has 1 aromatic heterocycles. The monoisotopic (exact) mass is 614 g/mol. The number of hydrogen-bond donors (Lipinski definition) is 2. The van der Waals surface area contributed by atoms with Crippen LogP contribution >= 0.6 is 22.9 Å². The lowest BCUT2D eigenvalue weighted by molar-refractivity contribution is -0.143. The van der Waals surface area contributed by atoms with Crippen molar-refractivity contribution >= 4 is 52.2 Å². The number of likely N-dealkylation sites (tertiary alicyclic amines) is 2. The molecule has 0 bridgehead atoms. The Labute approximate surface area is 257 Å². The first-order valence-electron chi connectivity index (χ1n) is 15.1. The summed E-state index contributed by atoms with van der Waals surface area (Å²) >= 11 is 8.05. The van der Waals surface area contributed by atoms with E-state index in [0.717, 1.165) is 54.5 Å². The standard InChI is InChI=1S/C31H43ClN6O3S/c1-4-21-13-20(15-26(32)29(21)33)14-22(30(40)37-11-5-24(6-12-37)35(2)3)16-28(39)36-9-7-25(8-10-36)38-17-23-18-42-19-27(23)34-31(38)41/h13,15,18-19,22,24-25H,4-12,14,16-17,33H2,1-3H3,(H,34,41)/t22-/m0/s1. The van der Waals surface area contributed by atoms with Crippen LogP contribution < -0.4 is 11.1 Å². The molecule has 42 heavy (non-hydrogen) atoms. The number of carbonyl (C=O) groups is 3. The molecule has 2 fully saturated rings. The van der Waals surface area contributed by atoms with Gasteiger partial charge in [-0.05, 0) is 75.2 Å². The molecular weight excluding hydrogens is 572 g/mol. The summed E-state index contributed by atoms with van der Waals surface area (Å²) in [5, 5.41) is 7.54. The molecule has 228 valence electrons. The molecule has 0 saturated carbocycles. The molecule has 0 unspecified atom stereocenters. The minimum absolute atomic E-state index is 0.00421. The Morgan fingerprint density at radius 2 is 1.79 bits per heavy atom. The van der Waals surface area contributed by atoms with Crippen LogP contribution in [0.3, 0.4) is 0 Å². The van der Waals surface area contributed by atoms with Crippen LogP contribution in [0.1, 0.15) is 55.7 Å². The Kier molecular flexibility index (Phi) is 9.64. The number of hydrogen-bond acceptors (Lipinski definition) is 6. The molecule has 2 aromatic rings. The summed E-state index contributed by atoms with van der Waals surface area (Å²) in [6.07, 6.45) is 4.65. The van der Waals surface area contributed by atoms with Crippen molar-refractivity contribution in [2.75, 3.05) is 51.3 Å². The van der Waals surface area contributed by atoms with E-state index in [4.69, 9.17) is 17.3 Å². The lowest BCUT2D eigenvalue weighted by atomic mass is 9.91. The van der Waals surface area contributed by atoms with Crippen LogP contribution in [-0.2, 0) is 29.0 Å². The molecule has 3 aliphatic rings. The molecule has 4 amide bonds. The molecule has 3 N–H and O–H groups in total. The molecular formula is C31H43ClN6O3S. The molecule has 0 radical (unpaired) electrons. The Bertz CT molecular complexity index is 1300. The molecule has 11 heteroatoms. The van der Waals surface area contributed by atoms with Crippen LogP contribution in [0.15, 0.2) is 22.9 Å². The summed E-state index contributed by atoms with van der Waals surface area (Å²) in [5.74, 6) is -0.436. The van der Waals surface area contributed by atoms with Crippen LogP contribution in [0, 0.1) is 5.92 Å². The minimum Gasteiger partial charge on any atom is -0.397 e. The van der Waals surface area contributed by atoms with Crippen LogP contribution in [0.2, 0.25) is 5.02 Å². The van der Waals surface area contributed by atoms with E-state index >= 15 is 0 Å². The number of thiophene rings is 1. The summed E-state index contributed by atoms with van der Waals surface area (Å²) in [4.78, 5) is 48.2. The highest BCUT2D eigenvalue weighted by Gasteiger charge is 2.35. The number of aryl methyl sites for hydroxylation is 1. The van der Waals surface area contributed by atoms with Gasteiger partial charge in [-0.1, -0.05) is 24.6 Å². The summed E-state index contributed by atoms with van der Waals surface area (Å²) in [6.45, 7) is 5.19. The van der Waals surface area contributed by atoms with E-state index in [-0.39, 0.29) is 30.3 Å². The van der Waals surface area contributed by atoms with Crippen molar-refractivity contribution in [3.63, 3.8) is 0 Å². The number of nitrogens with zero attached hydrogens (tertiary/aromatic N) is 4. The van der Waals surface area contributed by atoms with Crippen LogP contribution in [0.25, 0.3) is 0 Å². The molecule has 3 aliphatic heterocycles. The number of nitrogens with one attached hydrogen (secondary N) is 1. The van der Waals surface area contributed by atoms with E-state index in [9.17, 15) is 14.4 Å². The van der Waals surface area contributed by atoms with E-state index in [1.165, 1.54) is 0 Å². The number of piperidine rings is 2. The van der Waals surface area contributed by atoms with Gasteiger partial charge in [0, 0.05) is 55.6 Å². The zero-order chi connectivity index (χ0) is 30.0. The zero-order valence-corrected chi connectivity index (χ0v) is 26.5. The number of rotatable bonds is 8. The fourth-order valence-corrected chi connectivity index (χ4v) is 7.64. The number of nitrogen functional groups attached to an aromatic ring is 1. The quantitative estimate of drug-likeness (QED) is 0.420. The zero-order valence-electron chi connectivity index (χ0n) is 24.9. The number of fused-ring (bicyclic) bond motifs is 1. The highest BCUT2D eigenvalue weighted by atomic mass is 35.5. The predicted octanol–water partition coefficient (Wildman–Crippen LogP) is 4.69. The van der Waals surface area contributed by atoms with Gasteiger partial charge in [-0.2, -0.15) is 0 Å². The first-order valence-corrected chi connectivity index (χ1v) is 16.4. The fourth-order valence-electron chi connectivity index (χ4n) is 6.60. The Hall–Kier alpha value is -2.82. The molecule has 5 rings (SSSR count). The molecule has 4 heterocycles. The number of carbonyl (C=O) groups excluding carboxylic acids is 3. The number of anilines is 2. The van der Waals surface area contributed by atoms with Crippen molar-refractivity contribution in [3.05, 3.63) is 44.6 Å². The predicted molar refractivity (Wildman–Crippen MR) is 169 cm³/mol. The van der Waals surface area contributed by atoms with Crippen molar-refractivity contribution in [1.29, 1.82) is 0 Å². The van der Waals surface area contributed by atoms with E-state index in [1.54, 1.807) is 11.3 Å². The number of amides is 4. The second-order valence-electron chi connectivity index (χ2n) is 12.1. The maximum Gasteiger partial charge on any atom is 0.322 e. The molecule has 0 spiro atoms. The van der Waals surface area contributed by atoms with Crippen molar-refractivity contribution < 1.29 is 14.4 Å². The van der Waals surface area contributed by atoms with Gasteiger partial charge in [0.25, 0.3) is 0 Å². The number of halogens is 1. The van der Waals surface area contributed by atoms with Gasteiger partial charge >= 0.3 is 6.03 Å². The summed E-state index contributed by atoms with van der Waals surface area (Å²) < 4.78 is 0. The topological polar surface area (TPSA) is 102 Å². The lowest BCUT2D eigenvalue weighted by Crippen LogP contribution is -2.51. The van der Waals surface area contributed by atoms with Crippen molar-refractivity contribution in [2.24, 2.45) is 5.92 Å². The van der Waals surface area contributed by atoms with Crippen LogP contribution in [0.4, 0.5) is 16.2 Å². The van der Waals surface area contributed by atoms with Gasteiger partial charge in [0.05, 0.1) is 28.9 Å². The number of benzene rings is 1. The Morgan fingerprint density at radius 1 is 1.10 bits per heavy atom. The molecule has 9 nitrogen and oxygen atoms in total. The minimum atomic E-state index is -0.472. The van der Waals surface area contributed by atoms with Gasteiger partial charge in [-0.15, -0.1) is 11.3 Å². The normalized spacial score (nSPS) is 19.2. The first-order chi connectivity index (χ1) is 20.1. The second kappa shape index (κ2) is 13.2.